The number of aryl methyl sites for hydroxylation is 1. The van der Waals surface area contributed by atoms with Crippen LogP contribution in [0, 0.1) is 6.92 Å². The smallest absolute Gasteiger partial charge is 0.242 e. The molecule has 4 nitrogen and oxygen atoms in total. The number of nitrogens with zero attached hydrogens (tertiary/aromatic N) is 2. The van der Waals surface area contributed by atoms with Crippen molar-refractivity contribution in [3.63, 3.8) is 0 Å². The van der Waals surface area contributed by atoms with Gasteiger partial charge in [0.25, 0.3) is 0 Å². The van der Waals surface area contributed by atoms with E-state index in [0.29, 0.717) is 13.1 Å². The number of rotatable bonds is 10. The van der Waals surface area contributed by atoms with E-state index in [9.17, 15) is 9.59 Å². The van der Waals surface area contributed by atoms with Crippen molar-refractivity contribution in [3.8, 4) is 0 Å². The Bertz CT molecular complexity index is 1060. The van der Waals surface area contributed by atoms with Crippen LogP contribution in [-0.2, 0) is 22.7 Å². The molecule has 172 valence electrons. The molecule has 33 heavy (non-hydrogen) atoms. The van der Waals surface area contributed by atoms with Crippen LogP contribution in [0.2, 0.25) is 0 Å². The monoisotopic (exact) mass is 460 g/mol. The highest BCUT2D eigenvalue weighted by atomic mass is 32.1. The molecule has 1 atom stereocenters. The summed E-state index contributed by atoms with van der Waals surface area (Å²) >= 11 is 1.68. The molecule has 1 fully saturated rings. The zero-order valence-electron chi connectivity index (χ0n) is 19.4. The summed E-state index contributed by atoms with van der Waals surface area (Å²) in [6, 6.07) is 22.3. The van der Waals surface area contributed by atoms with Crippen LogP contribution < -0.4 is 0 Å². The van der Waals surface area contributed by atoms with Gasteiger partial charge in [-0.1, -0.05) is 67.6 Å². The van der Waals surface area contributed by atoms with E-state index in [-0.39, 0.29) is 30.3 Å². The van der Waals surface area contributed by atoms with Crippen LogP contribution in [0.5, 0.6) is 0 Å². The molecule has 4 rings (SSSR count). The average Bonchev–Trinajstić information content (AvgIpc) is 3.60. The lowest BCUT2D eigenvalue weighted by Gasteiger charge is -2.30. The molecule has 5 heteroatoms. The zero-order valence-corrected chi connectivity index (χ0v) is 20.3. The highest BCUT2D eigenvalue weighted by Crippen LogP contribution is 2.32. The van der Waals surface area contributed by atoms with E-state index in [1.165, 1.54) is 10.4 Å². The van der Waals surface area contributed by atoms with Gasteiger partial charge in [0.05, 0.1) is 12.5 Å². The third-order valence-corrected chi connectivity index (χ3v) is 7.36. The van der Waals surface area contributed by atoms with Crippen molar-refractivity contribution in [2.75, 3.05) is 6.54 Å². The van der Waals surface area contributed by atoms with E-state index < -0.39 is 0 Å². The highest BCUT2D eigenvalue weighted by Gasteiger charge is 2.37. The molecule has 1 aromatic heterocycles. The van der Waals surface area contributed by atoms with Crippen molar-refractivity contribution in [1.82, 2.24) is 9.80 Å². The number of hydrogen-bond acceptors (Lipinski definition) is 3. The molecule has 0 N–H and O–H groups in total. The van der Waals surface area contributed by atoms with Gasteiger partial charge in [-0.15, -0.1) is 11.3 Å². The summed E-state index contributed by atoms with van der Waals surface area (Å²) < 4.78 is 0. The first-order valence-corrected chi connectivity index (χ1v) is 12.6. The van der Waals surface area contributed by atoms with Gasteiger partial charge < -0.3 is 9.80 Å². The molecule has 1 aliphatic rings. The van der Waals surface area contributed by atoms with E-state index in [1.807, 2.05) is 77.4 Å². The lowest BCUT2D eigenvalue weighted by Crippen LogP contribution is -2.45. The van der Waals surface area contributed by atoms with E-state index in [0.717, 1.165) is 30.4 Å². The van der Waals surface area contributed by atoms with Crippen LogP contribution in [0.1, 0.15) is 53.7 Å². The number of amides is 2. The molecule has 0 aliphatic heterocycles. The Morgan fingerprint density at radius 2 is 1.64 bits per heavy atom. The topological polar surface area (TPSA) is 40.6 Å². The molecule has 1 heterocycles. The number of carbonyl (C=O) groups is 2. The van der Waals surface area contributed by atoms with Crippen LogP contribution in [0.15, 0.2) is 72.1 Å². The first kappa shape index (κ1) is 23.2. The van der Waals surface area contributed by atoms with Crippen molar-refractivity contribution in [3.05, 3.63) is 93.7 Å². The van der Waals surface area contributed by atoms with Gasteiger partial charge in [-0.25, -0.2) is 0 Å². The molecular weight excluding hydrogens is 428 g/mol. The summed E-state index contributed by atoms with van der Waals surface area (Å²) in [5, 5.41) is 2.07. The number of hydrogen-bond donors (Lipinski definition) is 0. The van der Waals surface area contributed by atoms with Crippen LogP contribution in [0.4, 0.5) is 0 Å². The van der Waals surface area contributed by atoms with Gasteiger partial charge in [-0.05, 0) is 54.3 Å². The predicted octanol–water partition coefficient (Wildman–Crippen LogP) is 5.77. The maximum absolute atomic E-state index is 13.6. The standard InChI is InChI=1S/C28H32N2O2S/c1-3-25(23-12-8-5-9-13-23)28(32)30(24-14-15-24)20-27(31)29(18-22-10-6-4-7-11-22)19-26-21(2)16-17-33-26/h4-13,16-17,24-25H,3,14-15,18-20H2,1-2H3. The minimum atomic E-state index is -0.207. The van der Waals surface area contributed by atoms with Gasteiger partial charge in [0.2, 0.25) is 11.8 Å². The minimum absolute atomic E-state index is 0.00909. The second-order valence-corrected chi connectivity index (χ2v) is 9.83. The van der Waals surface area contributed by atoms with Crippen LogP contribution in [0.3, 0.4) is 0 Å². The molecule has 0 spiro atoms. The largest absolute Gasteiger partial charge is 0.332 e. The van der Waals surface area contributed by atoms with E-state index in [2.05, 4.69) is 18.4 Å². The fourth-order valence-electron chi connectivity index (χ4n) is 4.23. The first-order chi connectivity index (χ1) is 16.1. The third kappa shape index (κ3) is 5.91. The quantitative estimate of drug-likeness (QED) is 0.385. The molecular formula is C28H32N2O2S. The summed E-state index contributed by atoms with van der Waals surface area (Å²) in [6.45, 7) is 5.38. The zero-order chi connectivity index (χ0) is 23.2. The van der Waals surface area contributed by atoms with Crippen LogP contribution >= 0.6 is 11.3 Å². The summed E-state index contributed by atoms with van der Waals surface area (Å²) in [7, 11) is 0. The third-order valence-electron chi connectivity index (χ3n) is 6.36. The molecule has 1 aliphatic carbocycles. The van der Waals surface area contributed by atoms with E-state index in [1.54, 1.807) is 11.3 Å². The Kier molecular flexibility index (Phi) is 7.61. The Labute approximate surface area is 200 Å². The van der Waals surface area contributed by atoms with Gasteiger partial charge in [0, 0.05) is 17.5 Å². The SMILES string of the molecule is CCC(C(=O)N(CC(=O)N(Cc1ccccc1)Cc1sccc1C)C1CC1)c1ccccc1. The van der Waals surface area contributed by atoms with Crippen molar-refractivity contribution in [2.24, 2.45) is 0 Å². The Balaban J connectivity index is 1.54. The molecule has 2 amide bonds. The van der Waals surface area contributed by atoms with Crippen molar-refractivity contribution in [1.29, 1.82) is 0 Å². The fourth-order valence-corrected chi connectivity index (χ4v) is 5.15. The number of thiophene rings is 1. The van der Waals surface area contributed by atoms with Crippen molar-refractivity contribution in [2.45, 2.75) is 58.2 Å². The summed E-state index contributed by atoms with van der Waals surface area (Å²) in [4.78, 5) is 32.2. The fraction of sp³-hybridized carbons (Fsp3) is 0.357. The maximum Gasteiger partial charge on any atom is 0.242 e. The molecule has 0 saturated heterocycles. The lowest BCUT2D eigenvalue weighted by atomic mass is 9.95. The van der Waals surface area contributed by atoms with Gasteiger partial charge in [-0.3, -0.25) is 9.59 Å². The summed E-state index contributed by atoms with van der Waals surface area (Å²) in [6.07, 6.45) is 2.68. The normalized spacial score (nSPS) is 14.0. The highest BCUT2D eigenvalue weighted by molar-refractivity contribution is 7.10. The van der Waals surface area contributed by atoms with Crippen LogP contribution in [-0.4, -0.2) is 34.2 Å². The Hall–Kier alpha value is -2.92. The second-order valence-electron chi connectivity index (χ2n) is 8.83. The first-order valence-electron chi connectivity index (χ1n) is 11.8. The van der Waals surface area contributed by atoms with Gasteiger partial charge in [0.15, 0.2) is 0 Å². The summed E-state index contributed by atoms with van der Waals surface area (Å²) in [5.41, 5.74) is 3.33. The van der Waals surface area contributed by atoms with E-state index in [4.69, 9.17) is 0 Å². The van der Waals surface area contributed by atoms with Crippen molar-refractivity contribution < 1.29 is 9.59 Å². The Morgan fingerprint density at radius 3 is 2.21 bits per heavy atom. The summed E-state index contributed by atoms with van der Waals surface area (Å²) in [5.74, 6) is -0.122. The molecule has 3 aromatic rings. The van der Waals surface area contributed by atoms with Gasteiger partial charge in [-0.2, -0.15) is 0 Å². The average molecular weight is 461 g/mol. The van der Waals surface area contributed by atoms with Gasteiger partial charge >= 0.3 is 0 Å². The number of carbonyl (C=O) groups excluding carboxylic acids is 2. The van der Waals surface area contributed by atoms with Crippen LogP contribution in [0.25, 0.3) is 0 Å². The number of benzene rings is 2. The molecule has 0 radical (unpaired) electrons. The second kappa shape index (κ2) is 10.8. The lowest BCUT2D eigenvalue weighted by molar-refractivity contribution is -0.142. The maximum atomic E-state index is 13.6. The molecule has 0 bridgehead atoms. The minimum Gasteiger partial charge on any atom is -0.332 e. The predicted molar refractivity (Wildman–Crippen MR) is 134 cm³/mol. The molecule has 1 saturated carbocycles. The molecule has 1 unspecified atom stereocenters. The molecule has 2 aromatic carbocycles. The van der Waals surface area contributed by atoms with E-state index >= 15 is 0 Å². The van der Waals surface area contributed by atoms with Gasteiger partial charge in [0.1, 0.15) is 6.54 Å². The van der Waals surface area contributed by atoms with Crippen molar-refractivity contribution >= 4 is 23.2 Å². The Morgan fingerprint density at radius 1 is 0.970 bits per heavy atom.